The summed E-state index contributed by atoms with van der Waals surface area (Å²) in [6.07, 6.45) is 0. The molecule has 6 nitrogen and oxygen atoms in total. The lowest BCUT2D eigenvalue weighted by molar-refractivity contribution is -0.138. The number of nitrogens with zero attached hydrogens (tertiary/aromatic N) is 2. The Balaban J connectivity index is 2.79. The molecule has 0 saturated carbocycles. The van der Waals surface area contributed by atoms with Crippen LogP contribution in [0.3, 0.4) is 0 Å². The first kappa shape index (κ1) is 11.5. The Bertz CT molecular complexity index is 303. The number of hydrogen-bond donors (Lipinski definition) is 1. The van der Waals surface area contributed by atoms with Gasteiger partial charge in [0.25, 0.3) is 0 Å². The van der Waals surface area contributed by atoms with Crippen molar-refractivity contribution in [3.63, 3.8) is 0 Å². The van der Waals surface area contributed by atoms with E-state index in [4.69, 9.17) is 0 Å². The smallest absolute Gasteiger partial charge is 0.320 e. The number of piperazine rings is 1. The molecule has 1 saturated heterocycles. The third-order valence-electron chi connectivity index (χ3n) is 2.47. The molecular weight excluding hydrogens is 198 g/mol. The Hall–Kier alpha value is -1.59. The van der Waals surface area contributed by atoms with Gasteiger partial charge in [-0.1, -0.05) is 0 Å². The Morgan fingerprint density at radius 3 is 2.73 bits per heavy atom. The van der Waals surface area contributed by atoms with Gasteiger partial charge in [0.2, 0.25) is 11.8 Å². The van der Waals surface area contributed by atoms with Crippen LogP contribution in [-0.4, -0.2) is 53.8 Å². The van der Waals surface area contributed by atoms with Crippen LogP contribution in [-0.2, 0) is 9.59 Å². The first-order chi connectivity index (χ1) is 6.97. The zero-order valence-corrected chi connectivity index (χ0v) is 9.11. The average Bonchev–Trinajstić information content (AvgIpc) is 2.21. The molecule has 0 radical (unpaired) electrons. The molecule has 84 valence electrons. The van der Waals surface area contributed by atoms with E-state index in [0.29, 0.717) is 6.54 Å². The van der Waals surface area contributed by atoms with Gasteiger partial charge in [-0.3, -0.25) is 14.9 Å². The van der Waals surface area contributed by atoms with Gasteiger partial charge in [-0.2, -0.15) is 0 Å². The lowest BCUT2D eigenvalue weighted by Crippen LogP contribution is -2.60. The maximum atomic E-state index is 11.8. The number of rotatable bonds is 1. The topological polar surface area (TPSA) is 69.7 Å². The minimum Gasteiger partial charge on any atom is -0.328 e. The van der Waals surface area contributed by atoms with Crippen molar-refractivity contribution in [3.05, 3.63) is 0 Å². The maximum Gasteiger partial charge on any atom is 0.320 e. The van der Waals surface area contributed by atoms with Crippen LogP contribution in [0.5, 0.6) is 0 Å². The maximum absolute atomic E-state index is 11.8. The second kappa shape index (κ2) is 4.29. The van der Waals surface area contributed by atoms with Crippen LogP contribution < -0.4 is 5.32 Å². The van der Waals surface area contributed by atoms with Gasteiger partial charge in [0.05, 0.1) is 0 Å². The number of imide groups is 1. The van der Waals surface area contributed by atoms with Crippen LogP contribution in [0, 0.1) is 0 Å². The van der Waals surface area contributed by atoms with Gasteiger partial charge in [-0.05, 0) is 13.8 Å². The van der Waals surface area contributed by atoms with Gasteiger partial charge < -0.3 is 9.80 Å². The molecule has 1 unspecified atom stereocenters. The van der Waals surface area contributed by atoms with E-state index in [-0.39, 0.29) is 12.6 Å². The molecule has 0 aromatic heterocycles. The SMILES string of the molecule is CCN(C)C(=O)N1CC(=O)NC(=O)C1C. The highest BCUT2D eigenvalue weighted by Gasteiger charge is 2.34. The van der Waals surface area contributed by atoms with E-state index in [1.54, 1.807) is 14.0 Å². The zero-order valence-electron chi connectivity index (χ0n) is 9.11. The standard InChI is InChI=1S/C9H15N3O3/c1-4-11(3)9(15)12-5-7(13)10-8(14)6(12)2/h6H,4-5H2,1-3H3,(H,10,13,14). The van der Waals surface area contributed by atoms with Crippen LogP contribution in [0.4, 0.5) is 4.79 Å². The fourth-order valence-corrected chi connectivity index (χ4v) is 1.30. The highest BCUT2D eigenvalue weighted by atomic mass is 16.2. The first-order valence-corrected chi connectivity index (χ1v) is 4.82. The monoisotopic (exact) mass is 213 g/mol. The number of carbonyl (C=O) groups excluding carboxylic acids is 3. The molecular formula is C9H15N3O3. The van der Waals surface area contributed by atoms with Crippen molar-refractivity contribution in [2.75, 3.05) is 20.1 Å². The largest absolute Gasteiger partial charge is 0.328 e. The van der Waals surface area contributed by atoms with Crippen molar-refractivity contribution in [1.82, 2.24) is 15.1 Å². The summed E-state index contributed by atoms with van der Waals surface area (Å²) in [6.45, 7) is 3.91. The number of carbonyl (C=O) groups is 3. The minimum absolute atomic E-state index is 0.0594. The molecule has 1 rings (SSSR count). The molecule has 1 N–H and O–H groups in total. The van der Waals surface area contributed by atoms with Crippen molar-refractivity contribution in [1.29, 1.82) is 0 Å². The summed E-state index contributed by atoms with van der Waals surface area (Å²) in [5.74, 6) is -0.861. The predicted octanol–water partition coefficient (Wildman–Crippen LogP) is -0.595. The van der Waals surface area contributed by atoms with Crippen LogP contribution in [0.1, 0.15) is 13.8 Å². The number of nitrogens with one attached hydrogen (secondary N) is 1. The summed E-state index contributed by atoms with van der Waals surface area (Å²) in [6, 6.07) is -0.891. The molecule has 1 aliphatic rings. The van der Waals surface area contributed by atoms with Crippen molar-refractivity contribution in [2.45, 2.75) is 19.9 Å². The lowest BCUT2D eigenvalue weighted by atomic mass is 10.2. The van der Waals surface area contributed by atoms with E-state index in [0.717, 1.165) is 0 Å². The Morgan fingerprint density at radius 1 is 1.60 bits per heavy atom. The summed E-state index contributed by atoms with van der Waals surface area (Å²) in [5, 5.41) is 2.18. The summed E-state index contributed by atoms with van der Waals surface area (Å²) in [4.78, 5) is 36.9. The van der Waals surface area contributed by atoms with Gasteiger partial charge in [0.15, 0.2) is 0 Å². The average molecular weight is 213 g/mol. The van der Waals surface area contributed by atoms with Crippen LogP contribution in [0.2, 0.25) is 0 Å². The fraction of sp³-hybridized carbons (Fsp3) is 0.667. The molecule has 4 amide bonds. The zero-order chi connectivity index (χ0) is 11.6. The van der Waals surface area contributed by atoms with E-state index in [9.17, 15) is 14.4 Å². The lowest BCUT2D eigenvalue weighted by Gasteiger charge is -2.34. The molecule has 1 atom stereocenters. The molecule has 0 spiro atoms. The second-order valence-corrected chi connectivity index (χ2v) is 3.51. The van der Waals surface area contributed by atoms with Crippen LogP contribution >= 0.6 is 0 Å². The van der Waals surface area contributed by atoms with Gasteiger partial charge in [0, 0.05) is 13.6 Å². The molecule has 0 bridgehead atoms. The Labute approximate surface area is 88.2 Å². The van der Waals surface area contributed by atoms with Crippen molar-refractivity contribution < 1.29 is 14.4 Å². The second-order valence-electron chi connectivity index (χ2n) is 3.51. The fourth-order valence-electron chi connectivity index (χ4n) is 1.30. The van der Waals surface area contributed by atoms with E-state index in [1.165, 1.54) is 9.80 Å². The summed E-state index contributed by atoms with van der Waals surface area (Å²) in [5.41, 5.74) is 0. The minimum atomic E-state index is -0.593. The van der Waals surface area contributed by atoms with E-state index < -0.39 is 17.9 Å². The number of amides is 4. The quantitative estimate of drug-likeness (QED) is 0.592. The number of hydrogen-bond acceptors (Lipinski definition) is 3. The Kier molecular flexibility index (Phi) is 3.28. The molecule has 1 fully saturated rings. The van der Waals surface area contributed by atoms with Gasteiger partial charge in [0.1, 0.15) is 12.6 Å². The molecule has 0 aromatic rings. The van der Waals surface area contributed by atoms with Crippen molar-refractivity contribution >= 4 is 17.8 Å². The predicted molar refractivity (Wildman–Crippen MR) is 53.0 cm³/mol. The Morgan fingerprint density at radius 2 is 2.20 bits per heavy atom. The first-order valence-electron chi connectivity index (χ1n) is 4.82. The van der Waals surface area contributed by atoms with Crippen LogP contribution in [0.15, 0.2) is 0 Å². The normalized spacial score (nSPS) is 21.3. The molecule has 1 aliphatic heterocycles. The third kappa shape index (κ3) is 2.26. The van der Waals surface area contributed by atoms with Gasteiger partial charge in [-0.15, -0.1) is 0 Å². The van der Waals surface area contributed by atoms with E-state index in [1.807, 2.05) is 6.92 Å². The van der Waals surface area contributed by atoms with Gasteiger partial charge >= 0.3 is 6.03 Å². The van der Waals surface area contributed by atoms with Crippen LogP contribution in [0.25, 0.3) is 0 Å². The van der Waals surface area contributed by atoms with Crippen molar-refractivity contribution in [2.24, 2.45) is 0 Å². The highest BCUT2D eigenvalue weighted by molar-refractivity contribution is 6.03. The summed E-state index contributed by atoms with van der Waals surface area (Å²) in [7, 11) is 1.63. The molecule has 0 aromatic carbocycles. The highest BCUT2D eigenvalue weighted by Crippen LogP contribution is 2.07. The summed E-state index contributed by atoms with van der Waals surface area (Å²) < 4.78 is 0. The number of urea groups is 1. The third-order valence-corrected chi connectivity index (χ3v) is 2.47. The van der Waals surface area contributed by atoms with Gasteiger partial charge in [-0.25, -0.2) is 4.79 Å². The van der Waals surface area contributed by atoms with E-state index in [2.05, 4.69) is 5.32 Å². The van der Waals surface area contributed by atoms with E-state index >= 15 is 0 Å². The molecule has 15 heavy (non-hydrogen) atoms. The molecule has 0 aliphatic carbocycles. The molecule has 6 heteroatoms. The molecule has 1 heterocycles. The summed E-state index contributed by atoms with van der Waals surface area (Å²) >= 11 is 0. The van der Waals surface area contributed by atoms with Crippen molar-refractivity contribution in [3.8, 4) is 0 Å².